The number of aromatic nitrogens is 1. The number of carbonyl (C=O) groups excluding carboxylic acids is 2. The maximum atomic E-state index is 13.6. The predicted octanol–water partition coefficient (Wildman–Crippen LogP) is 3.74. The van der Waals surface area contributed by atoms with Crippen molar-refractivity contribution in [1.29, 1.82) is 0 Å². The van der Waals surface area contributed by atoms with E-state index in [-0.39, 0.29) is 41.1 Å². The van der Waals surface area contributed by atoms with Crippen molar-refractivity contribution in [3.05, 3.63) is 36.1 Å². The van der Waals surface area contributed by atoms with Crippen LogP contribution in [0.4, 0.5) is 0 Å². The van der Waals surface area contributed by atoms with Gasteiger partial charge in [-0.2, -0.15) is 0 Å². The molecule has 7 heteroatoms. The van der Waals surface area contributed by atoms with Gasteiger partial charge >= 0.3 is 0 Å². The van der Waals surface area contributed by atoms with Gasteiger partial charge in [0.25, 0.3) is 5.91 Å². The van der Waals surface area contributed by atoms with Gasteiger partial charge in [0.05, 0.1) is 13.2 Å². The zero-order valence-electron chi connectivity index (χ0n) is 18.3. The number of amides is 2. The Morgan fingerprint density at radius 2 is 1.97 bits per heavy atom. The molecule has 31 heavy (non-hydrogen) atoms. The SMILES string of the molecule is COc1cccc(-c2cc(C(=O)N3C[C@@H]4C[C@@]5(C)[C@H](CCCC[C@@H]35)N4C(C)=O)on2)c1. The number of ether oxygens (including phenoxy) is 1. The van der Waals surface area contributed by atoms with Crippen LogP contribution in [-0.4, -0.2) is 58.6 Å². The molecule has 0 unspecified atom stereocenters. The molecular formula is C24H29N3O4. The summed E-state index contributed by atoms with van der Waals surface area (Å²) >= 11 is 0. The Morgan fingerprint density at radius 3 is 2.71 bits per heavy atom. The Labute approximate surface area is 182 Å². The monoisotopic (exact) mass is 423 g/mol. The van der Waals surface area contributed by atoms with E-state index in [4.69, 9.17) is 9.26 Å². The average Bonchev–Trinajstić information content (AvgIpc) is 3.29. The predicted molar refractivity (Wildman–Crippen MR) is 115 cm³/mol. The van der Waals surface area contributed by atoms with Crippen LogP contribution < -0.4 is 4.74 Å². The third-order valence-electron chi connectivity index (χ3n) is 7.63. The van der Waals surface area contributed by atoms with Gasteiger partial charge in [-0.05, 0) is 31.4 Å². The third kappa shape index (κ3) is 3.13. The number of carbonyl (C=O) groups is 2. The van der Waals surface area contributed by atoms with E-state index in [9.17, 15) is 9.59 Å². The van der Waals surface area contributed by atoms with Crippen molar-refractivity contribution in [2.24, 2.45) is 5.41 Å². The number of benzene rings is 1. The van der Waals surface area contributed by atoms with Crippen LogP contribution in [0.25, 0.3) is 11.3 Å². The summed E-state index contributed by atoms with van der Waals surface area (Å²) in [6.45, 7) is 4.49. The van der Waals surface area contributed by atoms with Gasteiger partial charge in [0, 0.05) is 42.6 Å². The van der Waals surface area contributed by atoms with Gasteiger partial charge in [-0.3, -0.25) is 9.59 Å². The lowest BCUT2D eigenvalue weighted by atomic mass is 9.71. The van der Waals surface area contributed by atoms with Gasteiger partial charge in [0.1, 0.15) is 11.4 Å². The molecule has 0 spiro atoms. The number of rotatable bonds is 3. The lowest BCUT2D eigenvalue weighted by molar-refractivity contribution is -0.132. The summed E-state index contributed by atoms with van der Waals surface area (Å²) in [5.74, 6) is 0.961. The minimum atomic E-state index is -0.131. The van der Waals surface area contributed by atoms with Crippen molar-refractivity contribution in [1.82, 2.24) is 15.0 Å². The normalized spacial score (nSPS) is 29.6. The van der Waals surface area contributed by atoms with E-state index < -0.39 is 0 Å². The number of piperidine rings is 1. The Bertz CT molecular complexity index is 1020. The number of hydrogen-bond donors (Lipinski definition) is 0. The molecule has 1 aliphatic carbocycles. The zero-order valence-corrected chi connectivity index (χ0v) is 18.3. The van der Waals surface area contributed by atoms with Crippen LogP contribution in [0.15, 0.2) is 34.9 Å². The molecule has 2 saturated heterocycles. The standard InChI is InChI=1S/C24H29N3O4/c1-15(28)27-17-13-24(2)21(9-4-5-10-22(24)27)26(14-17)23(29)20-12-19(25-31-20)16-7-6-8-18(11-16)30-3/h6-8,11-12,17,21-22H,4-5,9-10,13-14H2,1-3H3/t17-,21+,22-,24+/m0/s1. The van der Waals surface area contributed by atoms with E-state index >= 15 is 0 Å². The molecule has 1 saturated carbocycles. The highest BCUT2D eigenvalue weighted by Gasteiger charge is 2.60. The largest absolute Gasteiger partial charge is 0.497 e. The van der Waals surface area contributed by atoms with Crippen molar-refractivity contribution >= 4 is 11.8 Å². The molecular weight excluding hydrogens is 394 g/mol. The highest BCUT2D eigenvalue weighted by atomic mass is 16.5. The summed E-state index contributed by atoms with van der Waals surface area (Å²) in [7, 11) is 1.62. The molecule has 3 aliphatic rings. The highest BCUT2D eigenvalue weighted by Crippen LogP contribution is 2.53. The molecule has 2 amide bonds. The summed E-state index contributed by atoms with van der Waals surface area (Å²) < 4.78 is 10.8. The van der Waals surface area contributed by atoms with E-state index in [1.54, 1.807) is 20.1 Å². The zero-order chi connectivity index (χ0) is 21.8. The smallest absolute Gasteiger partial charge is 0.292 e. The number of methoxy groups -OCH3 is 1. The first-order valence-corrected chi connectivity index (χ1v) is 11.1. The Balaban J connectivity index is 1.46. The van der Waals surface area contributed by atoms with Gasteiger partial charge in [-0.25, -0.2) is 0 Å². The quantitative estimate of drug-likeness (QED) is 0.752. The van der Waals surface area contributed by atoms with Crippen LogP contribution in [0.5, 0.6) is 5.75 Å². The van der Waals surface area contributed by atoms with Crippen molar-refractivity contribution in [3.8, 4) is 17.0 Å². The molecule has 2 aliphatic heterocycles. The van der Waals surface area contributed by atoms with Gasteiger partial charge < -0.3 is 19.1 Å². The molecule has 5 rings (SSSR count). The minimum Gasteiger partial charge on any atom is -0.497 e. The molecule has 164 valence electrons. The molecule has 3 fully saturated rings. The summed E-state index contributed by atoms with van der Waals surface area (Å²) in [5.41, 5.74) is 1.37. The maximum absolute atomic E-state index is 13.6. The summed E-state index contributed by atoms with van der Waals surface area (Å²) in [5, 5.41) is 4.15. The van der Waals surface area contributed by atoms with Crippen LogP contribution in [0.3, 0.4) is 0 Å². The molecule has 0 N–H and O–H groups in total. The number of hydrogen-bond acceptors (Lipinski definition) is 5. The van der Waals surface area contributed by atoms with Crippen molar-refractivity contribution in [2.75, 3.05) is 13.7 Å². The molecule has 1 aromatic heterocycles. The summed E-state index contributed by atoms with van der Waals surface area (Å²) in [4.78, 5) is 30.1. The lowest BCUT2D eigenvalue weighted by Gasteiger charge is -2.46. The minimum absolute atomic E-state index is 0.0730. The first-order valence-electron chi connectivity index (χ1n) is 11.1. The van der Waals surface area contributed by atoms with Gasteiger partial charge in [-0.15, -0.1) is 0 Å². The van der Waals surface area contributed by atoms with Crippen LogP contribution in [0.2, 0.25) is 0 Å². The van der Waals surface area contributed by atoms with Crippen LogP contribution in [-0.2, 0) is 4.79 Å². The van der Waals surface area contributed by atoms with Crippen LogP contribution >= 0.6 is 0 Å². The fourth-order valence-corrected chi connectivity index (χ4v) is 6.30. The highest BCUT2D eigenvalue weighted by molar-refractivity contribution is 5.93. The van der Waals surface area contributed by atoms with Crippen molar-refractivity contribution < 1.29 is 18.8 Å². The first kappa shape index (κ1) is 20.1. The Hall–Kier alpha value is -2.83. The third-order valence-corrected chi connectivity index (χ3v) is 7.63. The number of likely N-dealkylation sites (tertiary alicyclic amines) is 2. The lowest BCUT2D eigenvalue weighted by Crippen LogP contribution is -2.55. The second kappa shape index (κ2) is 7.39. The van der Waals surface area contributed by atoms with E-state index in [0.29, 0.717) is 12.2 Å². The van der Waals surface area contributed by atoms with Crippen molar-refractivity contribution in [3.63, 3.8) is 0 Å². The molecule has 3 heterocycles. The van der Waals surface area contributed by atoms with E-state index in [1.165, 1.54) is 0 Å². The fraction of sp³-hybridized carbons (Fsp3) is 0.542. The average molecular weight is 424 g/mol. The van der Waals surface area contributed by atoms with Crippen LogP contribution in [0.1, 0.15) is 56.5 Å². The second-order valence-corrected chi connectivity index (χ2v) is 9.37. The maximum Gasteiger partial charge on any atom is 0.292 e. The molecule has 1 aromatic carbocycles. The molecule has 4 atom stereocenters. The fourth-order valence-electron chi connectivity index (χ4n) is 6.30. The number of fused-ring (bicyclic) bond motifs is 1. The number of nitrogens with zero attached hydrogens (tertiary/aromatic N) is 3. The van der Waals surface area contributed by atoms with Gasteiger partial charge in [0.2, 0.25) is 11.7 Å². The van der Waals surface area contributed by atoms with E-state index in [0.717, 1.165) is 43.4 Å². The second-order valence-electron chi connectivity index (χ2n) is 9.37. The summed E-state index contributed by atoms with van der Waals surface area (Å²) in [6, 6.07) is 9.64. The molecule has 2 bridgehead atoms. The van der Waals surface area contributed by atoms with Crippen molar-refractivity contribution in [2.45, 2.75) is 64.1 Å². The van der Waals surface area contributed by atoms with E-state index in [1.807, 2.05) is 29.2 Å². The Morgan fingerprint density at radius 1 is 1.19 bits per heavy atom. The summed E-state index contributed by atoms with van der Waals surface area (Å²) in [6.07, 6.45) is 5.12. The van der Waals surface area contributed by atoms with Crippen LogP contribution in [0, 0.1) is 5.41 Å². The van der Waals surface area contributed by atoms with Gasteiger partial charge in [-0.1, -0.05) is 37.1 Å². The van der Waals surface area contributed by atoms with Gasteiger partial charge in [0.15, 0.2) is 0 Å². The van der Waals surface area contributed by atoms with E-state index in [2.05, 4.69) is 17.0 Å². The molecule has 0 radical (unpaired) electrons. The molecule has 7 nitrogen and oxygen atoms in total. The Kier molecular flexibility index (Phi) is 4.79. The topological polar surface area (TPSA) is 75.9 Å². The first-order chi connectivity index (χ1) is 14.9. The molecule has 2 aromatic rings.